The van der Waals surface area contributed by atoms with Gasteiger partial charge in [0.1, 0.15) is 5.54 Å². The number of amides is 2. The molecule has 0 bridgehead atoms. The first kappa shape index (κ1) is 16.7. The predicted molar refractivity (Wildman–Crippen MR) is 67.6 cm³/mol. The number of urea groups is 1. The van der Waals surface area contributed by atoms with Crippen LogP contribution >= 0.6 is 0 Å². The van der Waals surface area contributed by atoms with Crippen LogP contribution in [0, 0.1) is 0 Å². The molecule has 0 heterocycles. The minimum atomic E-state index is -1.28. The van der Waals surface area contributed by atoms with E-state index in [4.69, 9.17) is 9.84 Å². The van der Waals surface area contributed by atoms with E-state index in [0.29, 0.717) is 19.8 Å². The van der Waals surface area contributed by atoms with E-state index in [0.717, 1.165) is 6.54 Å². The molecule has 0 aliphatic carbocycles. The number of carbonyl (C=O) groups excluding carboxylic acids is 1. The van der Waals surface area contributed by atoms with Gasteiger partial charge in [-0.2, -0.15) is 0 Å². The Morgan fingerprint density at radius 1 is 1.28 bits per heavy atom. The summed E-state index contributed by atoms with van der Waals surface area (Å²) in [5.74, 6) is -1.08. The summed E-state index contributed by atoms with van der Waals surface area (Å²) in [4.78, 5) is 24.1. The molecule has 106 valence electrons. The first-order valence-corrected chi connectivity index (χ1v) is 5.77. The van der Waals surface area contributed by atoms with Gasteiger partial charge >= 0.3 is 12.0 Å². The van der Waals surface area contributed by atoms with Crippen LogP contribution in [-0.4, -0.2) is 67.9 Å². The van der Waals surface area contributed by atoms with Gasteiger partial charge in [0.15, 0.2) is 0 Å². The molecule has 3 N–H and O–H groups in total. The summed E-state index contributed by atoms with van der Waals surface area (Å²) in [7, 11) is 3.89. The topological polar surface area (TPSA) is 90.9 Å². The van der Waals surface area contributed by atoms with Crippen LogP contribution in [0.1, 0.15) is 13.8 Å². The molecule has 0 aromatic heterocycles. The summed E-state index contributed by atoms with van der Waals surface area (Å²) in [6.07, 6.45) is 0. The molecular weight excluding hydrogens is 238 g/mol. The summed E-state index contributed by atoms with van der Waals surface area (Å²) in [6.45, 7) is 4.99. The van der Waals surface area contributed by atoms with Gasteiger partial charge in [0.05, 0.1) is 13.2 Å². The smallest absolute Gasteiger partial charge is 0.328 e. The van der Waals surface area contributed by atoms with Crippen molar-refractivity contribution >= 4 is 12.0 Å². The number of hydrogen-bond donors (Lipinski definition) is 3. The molecule has 7 nitrogen and oxygen atoms in total. The largest absolute Gasteiger partial charge is 0.480 e. The van der Waals surface area contributed by atoms with Crippen molar-refractivity contribution in [3.8, 4) is 0 Å². The summed E-state index contributed by atoms with van der Waals surface area (Å²) in [5, 5.41) is 13.7. The first-order chi connectivity index (χ1) is 8.25. The molecule has 0 atom stereocenters. The lowest BCUT2D eigenvalue weighted by molar-refractivity contribution is -0.142. The van der Waals surface area contributed by atoms with Crippen molar-refractivity contribution in [3.63, 3.8) is 0 Å². The lowest BCUT2D eigenvalue weighted by atomic mass is 10.1. The lowest BCUT2D eigenvalue weighted by Gasteiger charge is -2.21. The second-order valence-electron chi connectivity index (χ2n) is 4.73. The molecule has 0 saturated carbocycles. The molecule has 0 aromatic carbocycles. The predicted octanol–water partition coefficient (Wildman–Crippen LogP) is -0.273. The number of carbonyl (C=O) groups is 2. The van der Waals surface area contributed by atoms with Crippen LogP contribution in [0.2, 0.25) is 0 Å². The lowest BCUT2D eigenvalue weighted by Crippen LogP contribution is -2.53. The van der Waals surface area contributed by atoms with E-state index in [2.05, 4.69) is 10.6 Å². The van der Waals surface area contributed by atoms with E-state index >= 15 is 0 Å². The Balaban J connectivity index is 3.63. The Morgan fingerprint density at radius 3 is 2.39 bits per heavy atom. The van der Waals surface area contributed by atoms with Crippen LogP contribution < -0.4 is 10.6 Å². The third-order valence-electron chi connectivity index (χ3n) is 2.18. The molecule has 0 aliphatic heterocycles. The molecule has 0 saturated heterocycles. The quantitative estimate of drug-likeness (QED) is 0.523. The highest BCUT2D eigenvalue weighted by Crippen LogP contribution is 2.00. The Hall–Kier alpha value is -1.34. The molecule has 0 spiro atoms. The van der Waals surface area contributed by atoms with Crippen LogP contribution in [0.15, 0.2) is 0 Å². The maximum atomic E-state index is 11.4. The number of carboxylic acid groups (broad SMARTS) is 1. The highest BCUT2D eigenvalue weighted by molar-refractivity contribution is 5.85. The molecule has 7 heteroatoms. The molecule has 0 rings (SSSR count). The monoisotopic (exact) mass is 261 g/mol. The molecule has 18 heavy (non-hydrogen) atoms. The fraction of sp³-hybridized carbons (Fsp3) is 0.818. The average molecular weight is 261 g/mol. The highest BCUT2D eigenvalue weighted by atomic mass is 16.5. The van der Waals surface area contributed by atoms with E-state index in [1.807, 2.05) is 19.0 Å². The van der Waals surface area contributed by atoms with Crippen molar-refractivity contribution in [2.75, 3.05) is 40.4 Å². The number of nitrogens with zero attached hydrogens (tertiary/aromatic N) is 1. The van der Waals surface area contributed by atoms with Crippen LogP contribution in [0.5, 0.6) is 0 Å². The average Bonchev–Trinajstić information content (AvgIpc) is 2.21. The van der Waals surface area contributed by atoms with E-state index in [1.165, 1.54) is 13.8 Å². The van der Waals surface area contributed by atoms with E-state index in [-0.39, 0.29) is 0 Å². The Bertz CT molecular complexity index is 279. The molecule has 0 fully saturated rings. The molecule has 0 radical (unpaired) electrons. The number of carboxylic acids is 1. The number of likely N-dealkylation sites (N-methyl/N-ethyl adjacent to an activating group) is 1. The van der Waals surface area contributed by atoms with Gasteiger partial charge in [-0.15, -0.1) is 0 Å². The molecule has 0 unspecified atom stereocenters. The van der Waals surface area contributed by atoms with Crippen LogP contribution in [0.4, 0.5) is 4.79 Å². The van der Waals surface area contributed by atoms with E-state index in [1.54, 1.807) is 0 Å². The van der Waals surface area contributed by atoms with Crippen LogP contribution in [0.3, 0.4) is 0 Å². The van der Waals surface area contributed by atoms with Crippen molar-refractivity contribution in [3.05, 3.63) is 0 Å². The van der Waals surface area contributed by atoms with Gasteiger partial charge in [-0.1, -0.05) is 0 Å². The van der Waals surface area contributed by atoms with E-state index in [9.17, 15) is 9.59 Å². The second kappa shape index (κ2) is 7.88. The maximum absolute atomic E-state index is 11.4. The van der Waals surface area contributed by atoms with Gasteiger partial charge in [-0.05, 0) is 27.9 Å². The third-order valence-corrected chi connectivity index (χ3v) is 2.18. The standard InChI is InChI=1S/C11H23N3O4/c1-11(2,9(15)16)13-10(17)12-5-7-18-8-6-14(3)4/h5-8H2,1-4H3,(H,15,16)(H2,12,13,17). The number of rotatable bonds is 8. The Kier molecular flexibility index (Phi) is 7.30. The summed E-state index contributed by atoms with van der Waals surface area (Å²) >= 11 is 0. The van der Waals surface area contributed by atoms with Crippen molar-refractivity contribution < 1.29 is 19.4 Å². The zero-order chi connectivity index (χ0) is 14.2. The van der Waals surface area contributed by atoms with Crippen molar-refractivity contribution in [2.24, 2.45) is 0 Å². The van der Waals surface area contributed by atoms with Crippen molar-refractivity contribution in [1.29, 1.82) is 0 Å². The number of nitrogens with one attached hydrogen (secondary N) is 2. The van der Waals surface area contributed by atoms with Gasteiger partial charge < -0.3 is 25.4 Å². The van der Waals surface area contributed by atoms with Crippen LogP contribution in [-0.2, 0) is 9.53 Å². The van der Waals surface area contributed by atoms with Gasteiger partial charge in [0.2, 0.25) is 0 Å². The summed E-state index contributed by atoms with van der Waals surface area (Å²) in [6, 6.07) is -0.515. The fourth-order valence-electron chi connectivity index (χ4n) is 0.967. The molecular formula is C11H23N3O4. The Morgan fingerprint density at radius 2 is 1.89 bits per heavy atom. The molecule has 2 amide bonds. The van der Waals surface area contributed by atoms with E-state index < -0.39 is 17.5 Å². The summed E-state index contributed by atoms with van der Waals surface area (Å²) < 4.78 is 5.27. The number of aliphatic carboxylic acids is 1. The minimum absolute atomic E-state index is 0.342. The zero-order valence-corrected chi connectivity index (χ0v) is 11.4. The summed E-state index contributed by atoms with van der Waals surface area (Å²) in [5.41, 5.74) is -1.28. The van der Waals surface area contributed by atoms with Crippen molar-refractivity contribution in [1.82, 2.24) is 15.5 Å². The van der Waals surface area contributed by atoms with Gasteiger partial charge in [-0.3, -0.25) is 0 Å². The minimum Gasteiger partial charge on any atom is -0.480 e. The number of ether oxygens (including phenoxy) is 1. The van der Waals surface area contributed by atoms with Gasteiger partial charge in [0.25, 0.3) is 0 Å². The van der Waals surface area contributed by atoms with Crippen molar-refractivity contribution in [2.45, 2.75) is 19.4 Å². The van der Waals surface area contributed by atoms with Gasteiger partial charge in [0, 0.05) is 13.1 Å². The maximum Gasteiger partial charge on any atom is 0.328 e. The second-order valence-corrected chi connectivity index (χ2v) is 4.73. The molecule has 0 aromatic rings. The highest BCUT2D eigenvalue weighted by Gasteiger charge is 2.28. The number of hydrogen-bond acceptors (Lipinski definition) is 4. The molecule has 0 aliphatic rings. The van der Waals surface area contributed by atoms with Crippen LogP contribution in [0.25, 0.3) is 0 Å². The third kappa shape index (κ3) is 7.86. The zero-order valence-electron chi connectivity index (χ0n) is 11.4. The SMILES string of the molecule is CN(C)CCOCCNC(=O)NC(C)(C)C(=O)O. The van der Waals surface area contributed by atoms with Gasteiger partial charge in [-0.25, -0.2) is 9.59 Å². The Labute approximate surface area is 107 Å². The normalized spacial score (nSPS) is 11.4. The fourth-order valence-corrected chi connectivity index (χ4v) is 0.967. The first-order valence-electron chi connectivity index (χ1n) is 5.77.